The molecule has 0 aliphatic carbocycles. The van der Waals surface area contributed by atoms with Crippen molar-refractivity contribution in [2.24, 2.45) is 0 Å². The molecule has 0 spiro atoms. The molecular formula is C21H25BrN2O4S. The molecule has 0 saturated carbocycles. The number of nitrogens with one attached hydrogen (secondary N) is 1. The van der Waals surface area contributed by atoms with Crippen LogP contribution in [0.3, 0.4) is 0 Å². The van der Waals surface area contributed by atoms with Gasteiger partial charge in [-0.2, -0.15) is 4.31 Å². The second kappa shape index (κ2) is 9.28. The lowest BCUT2D eigenvalue weighted by Gasteiger charge is -2.21. The summed E-state index contributed by atoms with van der Waals surface area (Å²) in [5.74, 6) is -0.139. The maximum atomic E-state index is 13.2. The van der Waals surface area contributed by atoms with E-state index in [2.05, 4.69) is 21.2 Å². The molecule has 0 aromatic heterocycles. The Bertz CT molecular complexity index is 1000. The van der Waals surface area contributed by atoms with E-state index in [1.807, 2.05) is 19.1 Å². The summed E-state index contributed by atoms with van der Waals surface area (Å²) in [6.45, 7) is 2.93. The minimum absolute atomic E-state index is 0.0274. The molecule has 3 rings (SSSR count). The van der Waals surface area contributed by atoms with E-state index in [1.54, 1.807) is 12.1 Å². The van der Waals surface area contributed by atoms with Crippen molar-refractivity contribution < 1.29 is 17.9 Å². The third kappa shape index (κ3) is 4.99. The number of aryl methyl sites for hydroxylation is 1. The third-order valence-electron chi connectivity index (χ3n) is 5.04. The Morgan fingerprint density at radius 1 is 1.07 bits per heavy atom. The second-order valence-corrected chi connectivity index (χ2v) is 9.86. The van der Waals surface area contributed by atoms with Crippen LogP contribution >= 0.6 is 15.9 Å². The van der Waals surface area contributed by atoms with Crippen molar-refractivity contribution in [1.29, 1.82) is 0 Å². The number of nitrogens with zero attached hydrogens (tertiary/aromatic N) is 1. The van der Waals surface area contributed by atoms with Crippen molar-refractivity contribution in [2.45, 2.75) is 37.5 Å². The van der Waals surface area contributed by atoms with E-state index in [0.29, 0.717) is 18.8 Å². The van der Waals surface area contributed by atoms with Crippen LogP contribution in [0.2, 0.25) is 0 Å². The van der Waals surface area contributed by atoms with Crippen molar-refractivity contribution in [3.8, 4) is 5.75 Å². The highest BCUT2D eigenvalue weighted by atomic mass is 79.9. The molecule has 0 bridgehead atoms. The molecule has 6 nitrogen and oxygen atoms in total. The molecule has 1 aliphatic heterocycles. The van der Waals surface area contributed by atoms with E-state index < -0.39 is 10.0 Å². The zero-order valence-electron chi connectivity index (χ0n) is 16.6. The lowest BCUT2D eigenvalue weighted by molar-refractivity contribution is 0.102. The zero-order valence-corrected chi connectivity index (χ0v) is 19.0. The van der Waals surface area contributed by atoms with Crippen molar-refractivity contribution in [2.75, 3.05) is 25.5 Å². The summed E-state index contributed by atoms with van der Waals surface area (Å²) >= 11 is 3.45. The summed E-state index contributed by atoms with van der Waals surface area (Å²) in [5.41, 5.74) is 1.94. The number of amides is 1. The fourth-order valence-corrected chi connectivity index (χ4v) is 5.39. The fraction of sp³-hybridized carbons (Fsp3) is 0.381. The van der Waals surface area contributed by atoms with E-state index in [1.165, 1.54) is 23.5 Å². The monoisotopic (exact) mass is 480 g/mol. The predicted octanol–water partition coefficient (Wildman–Crippen LogP) is 4.58. The Morgan fingerprint density at radius 2 is 1.76 bits per heavy atom. The van der Waals surface area contributed by atoms with Crippen LogP contribution in [0, 0.1) is 6.92 Å². The van der Waals surface area contributed by atoms with Gasteiger partial charge in [-0.05, 0) is 55.7 Å². The highest BCUT2D eigenvalue weighted by Crippen LogP contribution is 2.30. The summed E-state index contributed by atoms with van der Waals surface area (Å²) in [5, 5.41) is 2.81. The van der Waals surface area contributed by atoms with Gasteiger partial charge in [-0.25, -0.2) is 8.42 Å². The summed E-state index contributed by atoms with van der Waals surface area (Å²) in [4.78, 5) is 12.8. The van der Waals surface area contributed by atoms with Crippen LogP contribution in [0.5, 0.6) is 5.75 Å². The summed E-state index contributed by atoms with van der Waals surface area (Å²) in [6.07, 6.45) is 3.73. The average Bonchev–Trinajstić information content (AvgIpc) is 3.00. The Labute approximate surface area is 180 Å². The lowest BCUT2D eigenvalue weighted by Crippen LogP contribution is -2.32. The smallest absolute Gasteiger partial charge is 0.255 e. The van der Waals surface area contributed by atoms with Gasteiger partial charge >= 0.3 is 0 Å². The number of anilines is 1. The van der Waals surface area contributed by atoms with Crippen LogP contribution in [-0.2, 0) is 10.0 Å². The number of methoxy groups -OCH3 is 1. The van der Waals surface area contributed by atoms with Gasteiger partial charge in [0.05, 0.1) is 7.11 Å². The van der Waals surface area contributed by atoms with Crippen molar-refractivity contribution in [3.63, 3.8) is 0 Å². The predicted molar refractivity (Wildman–Crippen MR) is 117 cm³/mol. The Kier molecular flexibility index (Phi) is 6.97. The van der Waals surface area contributed by atoms with Crippen LogP contribution in [0.4, 0.5) is 5.69 Å². The topological polar surface area (TPSA) is 75.7 Å². The van der Waals surface area contributed by atoms with Crippen LogP contribution < -0.4 is 10.1 Å². The Balaban J connectivity index is 1.91. The molecule has 8 heteroatoms. The van der Waals surface area contributed by atoms with Crippen molar-refractivity contribution in [1.82, 2.24) is 4.31 Å². The van der Waals surface area contributed by atoms with Gasteiger partial charge in [-0.3, -0.25) is 4.79 Å². The van der Waals surface area contributed by atoms with Crippen molar-refractivity contribution >= 4 is 37.5 Å². The first-order valence-corrected chi connectivity index (χ1v) is 11.8. The number of sulfonamides is 1. The SMILES string of the molecule is COc1ccc(C(=O)Nc2ccc(C)c(Br)c2)cc1S(=O)(=O)N1CCCCCC1. The van der Waals surface area contributed by atoms with Gasteiger partial charge in [0.2, 0.25) is 10.0 Å². The summed E-state index contributed by atoms with van der Waals surface area (Å²) in [6, 6.07) is 10.0. The Morgan fingerprint density at radius 3 is 2.38 bits per heavy atom. The second-order valence-electron chi connectivity index (χ2n) is 7.10. The minimum Gasteiger partial charge on any atom is -0.495 e. The first-order chi connectivity index (χ1) is 13.8. The highest BCUT2D eigenvalue weighted by molar-refractivity contribution is 9.10. The molecule has 1 heterocycles. The van der Waals surface area contributed by atoms with E-state index in [4.69, 9.17) is 4.74 Å². The number of hydrogen-bond donors (Lipinski definition) is 1. The van der Waals surface area contributed by atoms with Crippen molar-refractivity contribution in [3.05, 3.63) is 52.0 Å². The molecule has 1 amide bonds. The van der Waals surface area contributed by atoms with Gasteiger partial charge in [0.1, 0.15) is 10.6 Å². The zero-order chi connectivity index (χ0) is 21.0. The first-order valence-electron chi connectivity index (χ1n) is 9.58. The quantitative estimate of drug-likeness (QED) is 0.678. The average molecular weight is 481 g/mol. The number of carbonyl (C=O) groups excluding carboxylic acids is 1. The molecule has 29 heavy (non-hydrogen) atoms. The first kappa shape index (κ1) is 21.8. The molecule has 1 N–H and O–H groups in total. The number of ether oxygens (including phenoxy) is 1. The van der Waals surface area contributed by atoms with E-state index in [0.717, 1.165) is 35.7 Å². The van der Waals surface area contributed by atoms with Crippen LogP contribution in [0.1, 0.15) is 41.6 Å². The minimum atomic E-state index is -3.75. The molecular weight excluding hydrogens is 456 g/mol. The van der Waals surface area contributed by atoms with Gasteiger partial charge in [0.15, 0.2) is 0 Å². The fourth-order valence-electron chi connectivity index (χ4n) is 3.31. The number of hydrogen-bond acceptors (Lipinski definition) is 4. The number of rotatable bonds is 5. The standard InChI is InChI=1S/C21H25BrN2O4S/c1-15-7-9-17(14-18(15)22)23-21(25)16-8-10-19(28-2)20(13-16)29(26,27)24-11-5-3-4-6-12-24/h7-10,13-14H,3-6,11-12H2,1-2H3,(H,23,25). The van der Waals surface area contributed by atoms with E-state index in [-0.39, 0.29) is 22.1 Å². The largest absolute Gasteiger partial charge is 0.495 e. The lowest BCUT2D eigenvalue weighted by atomic mass is 10.2. The van der Waals surface area contributed by atoms with Crippen LogP contribution in [-0.4, -0.2) is 38.8 Å². The normalized spacial score (nSPS) is 15.6. The summed E-state index contributed by atoms with van der Waals surface area (Å²) in [7, 11) is -2.32. The molecule has 156 valence electrons. The molecule has 1 saturated heterocycles. The summed E-state index contributed by atoms with van der Waals surface area (Å²) < 4.78 is 34.2. The maximum Gasteiger partial charge on any atom is 0.255 e. The molecule has 1 aliphatic rings. The molecule has 0 atom stereocenters. The Hall–Kier alpha value is -1.90. The van der Waals surface area contributed by atoms with Gasteiger partial charge < -0.3 is 10.1 Å². The van der Waals surface area contributed by atoms with E-state index >= 15 is 0 Å². The van der Waals surface area contributed by atoms with Crippen LogP contribution in [0.25, 0.3) is 0 Å². The van der Waals surface area contributed by atoms with Gasteiger partial charge in [0.25, 0.3) is 5.91 Å². The number of benzene rings is 2. The molecule has 1 fully saturated rings. The van der Waals surface area contributed by atoms with Crippen LogP contribution in [0.15, 0.2) is 45.8 Å². The number of carbonyl (C=O) groups is 1. The maximum absolute atomic E-state index is 13.2. The number of halogens is 1. The third-order valence-corrected chi connectivity index (χ3v) is 7.81. The van der Waals surface area contributed by atoms with Gasteiger partial charge in [-0.15, -0.1) is 0 Å². The van der Waals surface area contributed by atoms with E-state index in [9.17, 15) is 13.2 Å². The molecule has 0 radical (unpaired) electrons. The molecule has 2 aromatic carbocycles. The molecule has 0 unspecified atom stereocenters. The van der Waals surface area contributed by atoms with Gasteiger partial charge in [-0.1, -0.05) is 34.8 Å². The van der Waals surface area contributed by atoms with Gasteiger partial charge in [0, 0.05) is 28.8 Å². The highest BCUT2D eigenvalue weighted by Gasteiger charge is 2.29. The molecule has 2 aromatic rings.